The standard InChI is InChI=1S/C18H25N9OS3/c19-6-10(28)8-24-31-14-4-2-11(16(17(14)30-23)18(21)26-27-22)9-1-3-13-12(5-9)25-15(7-20)29-13/h1-5,10,24,27-28H,6-8,19-20,22-23H2,(H2,21,26). The van der Waals surface area contributed by atoms with E-state index in [1.165, 1.54) is 11.9 Å². The van der Waals surface area contributed by atoms with Gasteiger partial charge in [0, 0.05) is 35.0 Å². The van der Waals surface area contributed by atoms with Gasteiger partial charge >= 0.3 is 0 Å². The number of fused-ring (bicyclic) bond motifs is 1. The molecule has 1 heterocycles. The first kappa shape index (κ1) is 23.7. The van der Waals surface area contributed by atoms with E-state index in [1.807, 2.05) is 30.3 Å². The van der Waals surface area contributed by atoms with Crippen LogP contribution in [-0.2, 0) is 6.54 Å². The van der Waals surface area contributed by atoms with Gasteiger partial charge in [-0.3, -0.25) is 9.86 Å². The van der Waals surface area contributed by atoms with Crippen molar-refractivity contribution in [1.82, 2.24) is 15.2 Å². The number of hydrogen-bond donors (Lipinski definition) is 8. The van der Waals surface area contributed by atoms with Crippen LogP contribution in [0.15, 0.2) is 45.2 Å². The van der Waals surface area contributed by atoms with Gasteiger partial charge in [0.15, 0.2) is 5.84 Å². The number of rotatable bonds is 10. The Kier molecular flexibility index (Phi) is 8.48. The normalized spacial score (nSPS) is 13.0. The zero-order valence-corrected chi connectivity index (χ0v) is 19.0. The molecular formula is C18H25N9OS3. The number of benzene rings is 2. The average Bonchev–Trinajstić information content (AvgIpc) is 3.21. The van der Waals surface area contributed by atoms with Crippen LogP contribution in [0.25, 0.3) is 21.3 Å². The molecule has 1 aromatic heterocycles. The fourth-order valence-corrected chi connectivity index (χ4v) is 5.28. The molecule has 13 heteroatoms. The Morgan fingerprint density at radius 2 is 2.06 bits per heavy atom. The summed E-state index contributed by atoms with van der Waals surface area (Å²) in [6, 6.07) is 9.86. The molecular weight excluding hydrogens is 454 g/mol. The van der Waals surface area contributed by atoms with Gasteiger partial charge in [-0.05, 0) is 53.2 Å². The van der Waals surface area contributed by atoms with Crippen molar-refractivity contribution >= 4 is 51.3 Å². The molecule has 3 aromatic rings. The molecule has 0 aliphatic heterocycles. The quantitative estimate of drug-likeness (QED) is 0.0657. The summed E-state index contributed by atoms with van der Waals surface area (Å²) in [7, 11) is 0. The number of nitrogens with one attached hydrogen (secondary N) is 2. The van der Waals surface area contributed by atoms with Crippen LogP contribution in [0.1, 0.15) is 10.6 Å². The third-order valence-corrected chi connectivity index (χ3v) is 7.09. The van der Waals surface area contributed by atoms with Crippen LogP contribution >= 0.6 is 35.2 Å². The van der Waals surface area contributed by atoms with Gasteiger partial charge in [0.1, 0.15) is 5.01 Å². The zero-order valence-electron chi connectivity index (χ0n) is 16.5. The third kappa shape index (κ3) is 5.46. The molecule has 0 spiro atoms. The smallest absolute Gasteiger partial charge is 0.153 e. The maximum Gasteiger partial charge on any atom is 0.153 e. The van der Waals surface area contributed by atoms with E-state index in [4.69, 9.17) is 28.2 Å². The lowest BCUT2D eigenvalue weighted by atomic mass is 9.98. The second kappa shape index (κ2) is 11.1. The van der Waals surface area contributed by atoms with E-state index in [2.05, 4.69) is 20.3 Å². The monoisotopic (exact) mass is 479 g/mol. The molecule has 31 heavy (non-hydrogen) atoms. The van der Waals surface area contributed by atoms with Crippen molar-refractivity contribution < 1.29 is 5.11 Å². The van der Waals surface area contributed by atoms with Crippen molar-refractivity contribution in [3.05, 3.63) is 40.9 Å². The highest BCUT2D eigenvalue weighted by Crippen LogP contribution is 2.38. The molecule has 0 amide bonds. The van der Waals surface area contributed by atoms with Crippen molar-refractivity contribution in [2.45, 2.75) is 22.4 Å². The predicted molar refractivity (Wildman–Crippen MR) is 130 cm³/mol. The van der Waals surface area contributed by atoms with Gasteiger partial charge in [-0.15, -0.1) is 16.4 Å². The molecule has 0 bridgehead atoms. The molecule has 0 aliphatic carbocycles. The minimum atomic E-state index is -0.642. The highest BCUT2D eigenvalue weighted by molar-refractivity contribution is 8.00. The number of aliphatic hydroxyl groups is 1. The van der Waals surface area contributed by atoms with Crippen LogP contribution < -0.4 is 38.4 Å². The number of aliphatic hydroxyl groups excluding tert-OH is 1. The zero-order chi connectivity index (χ0) is 22.4. The van der Waals surface area contributed by atoms with E-state index >= 15 is 0 Å². The van der Waals surface area contributed by atoms with E-state index in [1.54, 1.807) is 11.3 Å². The minimum absolute atomic E-state index is 0.170. The lowest BCUT2D eigenvalue weighted by Gasteiger charge is -2.17. The van der Waals surface area contributed by atoms with E-state index in [0.717, 1.165) is 48.1 Å². The minimum Gasteiger partial charge on any atom is -0.390 e. The number of aromatic nitrogens is 1. The molecule has 3 rings (SSSR count). The van der Waals surface area contributed by atoms with Crippen molar-refractivity contribution in [2.75, 3.05) is 13.1 Å². The van der Waals surface area contributed by atoms with Gasteiger partial charge in [0.25, 0.3) is 0 Å². The van der Waals surface area contributed by atoms with Gasteiger partial charge in [0.2, 0.25) is 0 Å². The van der Waals surface area contributed by atoms with Crippen LogP contribution in [0.4, 0.5) is 0 Å². The maximum atomic E-state index is 9.67. The van der Waals surface area contributed by atoms with E-state index < -0.39 is 6.10 Å². The molecule has 0 fully saturated rings. The topological polar surface area (TPSA) is 200 Å². The summed E-state index contributed by atoms with van der Waals surface area (Å²) in [4.78, 5) is 6.12. The summed E-state index contributed by atoms with van der Waals surface area (Å²) in [6.07, 6.45) is -0.642. The molecule has 0 saturated carbocycles. The van der Waals surface area contributed by atoms with Crippen LogP contribution in [0.3, 0.4) is 0 Å². The lowest BCUT2D eigenvalue weighted by Crippen LogP contribution is -2.29. The summed E-state index contributed by atoms with van der Waals surface area (Å²) < 4.78 is 4.15. The number of nitrogens with zero attached hydrogens (tertiary/aromatic N) is 2. The first-order chi connectivity index (χ1) is 15.0. The summed E-state index contributed by atoms with van der Waals surface area (Å²) >= 11 is 3.95. The third-order valence-electron chi connectivity index (χ3n) is 4.37. The Balaban J connectivity index is 2.08. The molecule has 0 saturated heterocycles. The number of amidine groups is 1. The van der Waals surface area contributed by atoms with Crippen LogP contribution in [0, 0.1) is 0 Å². The largest absolute Gasteiger partial charge is 0.390 e. The highest BCUT2D eigenvalue weighted by atomic mass is 32.2. The fraction of sp³-hybridized carbons (Fsp3) is 0.222. The Morgan fingerprint density at radius 3 is 2.74 bits per heavy atom. The molecule has 166 valence electrons. The lowest BCUT2D eigenvalue weighted by molar-refractivity contribution is 0.188. The first-order valence-corrected chi connectivity index (χ1v) is 11.7. The van der Waals surface area contributed by atoms with Crippen LogP contribution in [0.2, 0.25) is 0 Å². The van der Waals surface area contributed by atoms with Crippen molar-refractivity contribution in [3.63, 3.8) is 0 Å². The number of hydrogen-bond acceptors (Lipinski definition) is 12. The van der Waals surface area contributed by atoms with Gasteiger partial charge in [-0.2, -0.15) is 0 Å². The van der Waals surface area contributed by atoms with Crippen molar-refractivity contribution in [1.29, 1.82) is 0 Å². The van der Waals surface area contributed by atoms with Crippen molar-refractivity contribution in [2.24, 2.45) is 33.3 Å². The summed E-state index contributed by atoms with van der Waals surface area (Å²) in [5.74, 6) is 5.56. The van der Waals surface area contributed by atoms with Gasteiger partial charge in [-0.1, -0.05) is 12.1 Å². The number of hydrazine groups is 1. The molecule has 13 N–H and O–H groups in total. The van der Waals surface area contributed by atoms with Gasteiger partial charge in [-0.25, -0.2) is 16.4 Å². The van der Waals surface area contributed by atoms with E-state index in [-0.39, 0.29) is 12.4 Å². The number of nitrogens with two attached hydrogens (primary N) is 5. The summed E-state index contributed by atoms with van der Waals surface area (Å²) in [5, 5.41) is 20.5. The Labute approximate surface area is 192 Å². The summed E-state index contributed by atoms with van der Waals surface area (Å²) in [5.41, 5.74) is 22.9. The maximum absolute atomic E-state index is 9.67. The Bertz CT molecular complexity index is 1070. The Hall–Kier alpha value is -1.94. The van der Waals surface area contributed by atoms with Crippen LogP contribution in [-0.4, -0.2) is 35.1 Å². The average molecular weight is 480 g/mol. The highest BCUT2D eigenvalue weighted by Gasteiger charge is 2.19. The second-order valence-electron chi connectivity index (χ2n) is 6.39. The molecule has 1 atom stereocenters. The SMILES string of the molecule is NCc1nc2cc(-c3ccc(SNCC(O)CN)c(SN)c3/C(N)=N/NN)ccc2s1. The number of hydrazone groups is 1. The van der Waals surface area contributed by atoms with E-state index in [9.17, 15) is 5.11 Å². The first-order valence-electron chi connectivity index (χ1n) is 9.23. The second-order valence-corrected chi connectivity index (χ2v) is 9.09. The molecule has 0 radical (unpaired) electrons. The van der Waals surface area contributed by atoms with Gasteiger partial charge < -0.3 is 22.3 Å². The molecule has 2 aromatic carbocycles. The van der Waals surface area contributed by atoms with E-state index in [0.29, 0.717) is 18.7 Å². The number of thiazole rings is 1. The summed E-state index contributed by atoms with van der Waals surface area (Å²) in [6.45, 7) is 0.890. The van der Waals surface area contributed by atoms with Crippen LogP contribution in [0.5, 0.6) is 0 Å². The molecule has 0 aliphatic rings. The van der Waals surface area contributed by atoms with Crippen molar-refractivity contribution in [3.8, 4) is 11.1 Å². The fourth-order valence-electron chi connectivity index (χ4n) is 2.91. The molecule has 1 unspecified atom stereocenters. The molecule has 10 nitrogen and oxygen atoms in total. The predicted octanol–water partition coefficient (Wildman–Crippen LogP) is 0.388. The Morgan fingerprint density at radius 1 is 1.26 bits per heavy atom. The van der Waals surface area contributed by atoms with Gasteiger partial charge in [0.05, 0.1) is 16.3 Å².